The van der Waals surface area contributed by atoms with Gasteiger partial charge in [-0.25, -0.2) is 9.78 Å². The summed E-state index contributed by atoms with van der Waals surface area (Å²) in [6.45, 7) is 6.51. The Morgan fingerprint density at radius 3 is 2.69 bits per heavy atom. The molecule has 2 fully saturated rings. The molecule has 2 atom stereocenters. The molecule has 1 saturated heterocycles. The van der Waals surface area contributed by atoms with Gasteiger partial charge in [-0.2, -0.15) is 0 Å². The number of aromatic nitrogens is 1. The zero-order chi connectivity index (χ0) is 22.4. The second-order valence-electron chi connectivity index (χ2n) is 8.95. The third-order valence-corrected chi connectivity index (χ3v) is 6.70. The van der Waals surface area contributed by atoms with Gasteiger partial charge in [-0.15, -0.1) is 0 Å². The van der Waals surface area contributed by atoms with E-state index < -0.39 is 0 Å². The van der Waals surface area contributed by atoms with Crippen molar-refractivity contribution in [1.82, 2.24) is 15.2 Å². The zero-order valence-corrected chi connectivity index (χ0v) is 18.8. The smallest absolute Gasteiger partial charge is 0.410 e. The summed E-state index contributed by atoms with van der Waals surface area (Å²) in [5, 5.41) is 3.48. The Morgan fingerprint density at radius 1 is 1.25 bits per heavy atom. The highest BCUT2D eigenvalue weighted by Gasteiger charge is 2.48. The number of carbonyl (C=O) groups excluding carboxylic acids is 1. The van der Waals surface area contributed by atoms with Crippen molar-refractivity contribution in [2.45, 2.75) is 37.6 Å². The van der Waals surface area contributed by atoms with Crippen LogP contribution in [0.2, 0.25) is 0 Å². The van der Waals surface area contributed by atoms with E-state index in [4.69, 9.17) is 9.47 Å². The van der Waals surface area contributed by atoms with Crippen LogP contribution in [0.4, 0.5) is 4.79 Å². The van der Waals surface area contributed by atoms with Crippen LogP contribution in [-0.2, 0) is 11.2 Å². The number of benzene rings is 1. The molecule has 0 spiro atoms. The third kappa shape index (κ3) is 5.30. The average Bonchev–Trinajstić information content (AvgIpc) is 3.63. The predicted octanol–water partition coefficient (Wildman–Crippen LogP) is 4.18. The fourth-order valence-electron chi connectivity index (χ4n) is 4.89. The molecular weight excluding hydrogens is 402 g/mol. The van der Waals surface area contributed by atoms with Crippen LogP contribution in [-0.4, -0.2) is 55.4 Å². The van der Waals surface area contributed by atoms with Crippen LogP contribution in [0.1, 0.15) is 36.3 Å². The van der Waals surface area contributed by atoms with E-state index in [0.29, 0.717) is 18.3 Å². The minimum atomic E-state index is -0.237. The summed E-state index contributed by atoms with van der Waals surface area (Å²) in [6.07, 6.45) is 7.15. The Hall–Kier alpha value is -2.86. The maximum atomic E-state index is 13.1. The van der Waals surface area contributed by atoms with Gasteiger partial charge >= 0.3 is 6.09 Å². The number of nitrogens with zero attached hydrogens (tertiary/aromatic N) is 2. The van der Waals surface area contributed by atoms with E-state index in [1.807, 2.05) is 23.2 Å². The summed E-state index contributed by atoms with van der Waals surface area (Å²) >= 11 is 0. The number of nitrogens with one attached hydrogen (secondary N) is 1. The van der Waals surface area contributed by atoms with Crippen molar-refractivity contribution in [3.8, 4) is 5.88 Å². The molecule has 0 radical (unpaired) electrons. The minimum Gasteiger partial charge on any atom is -0.481 e. The molecule has 1 amide bonds. The first kappa shape index (κ1) is 22.3. The van der Waals surface area contributed by atoms with Gasteiger partial charge in [0.25, 0.3) is 0 Å². The number of methoxy groups -OCH3 is 1. The van der Waals surface area contributed by atoms with Gasteiger partial charge in [-0.1, -0.05) is 49.1 Å². The summed E-state index contributed by atoms with van der Waals surface area (Å²) in [4.78, 5) is 19.5. The highest BCUT2D eigenvalue weighted by atomic mass is 16.6. The molecule has 0 bridgehead atoms. The first-order chi connectivity index (χ1) is 15.6. The van der Waals surface area contributed by atoms with E-state index in [1.54, 1.807) is 13.2 Å². The normalized spacial score (nSPS) is 21.4. The molecule has 1 aliphatic carbocycles. The van der Waals surface area contributed by atoms with Gasteiger partial charge < -0.3 is 19.7 Å². The molecule has 2 aromatic rings. The third-order valence-electron chi connectivity index (χ3n) is 6.70. The van der Waals surface area contributed by atoms with Crippen molar-refractivity contribution in [1.29, 1.82) is 0 Å². The van der Waals surface area contributed by atoms with Crippen LogP contribution in [0.3, 0.4) is 0 Å². The minimum absolute atomic E-state index is 0.0153. The van der Waals surface area contributed by atoms with E-state index in [1.165, 1.54) is 11.1 Å². The number of pyridine rings is 1. The second kappa shape index (κ2) is 10.2. The summed E-state index contributed by atoms with van der Waals surface area (Å²) in [7, 11) is 1.63. The van der Waals surface area contributed by atoms with E-state index >= 15 is 0 Å². The molecule has 1 aliphatic heterocycles. The van der Waals surface area contributed by atoms with Crippen LogP contribution in [0.5, 0.6) is 5.88 Å². The molecule has 6 nitrogen and oxygen atoms in total. The maximum Gasteiger partial charge on any atom is 0.410 e. The molecule has 32 heavy (non-hydrogen) atoms. The van der Waals surface area contributed by atoms with Crippen molar-refractivity contribution in [3.63, 3.8) is 0 Å². The van der Waals surface area contributed by atoms with Gasteiger partial charge in [0.2, 0.25) is 5.88 Å². The first-order valence-corrected chi connectivity index (χ1v) is 11.4. The van der Waals surface area contributed by atoms with Crippen molar-refractivity contribution in [2.75, 3.05) is 33.4 Å². The molecule has 170 valence electrons. The van der Waals surface area contributed by atoms with Gasteiger partial charge in [0.1, 0.15) is 6.61 Å². The molecule has 1 aromatic carbocycles. The molecular formula is C26H33N3O3. The van der Waals surface area contributed by atoms with Gasteiger partial charge in [0.15, 0.2) is 0 Å². The quantitative estimate of drug-likeness (QED) is 0.599. The Bertz CT molecular complexity index is 894. The van der Waals surface area contributed by atoms with E-state index in [0.717, 1.165) is 38.8 Å². The number of ether oxygens (including phenoxy) is 2. The molecule has 1 N–H and O–H groups in total. The lowest BCUT2D eigenvalue weighted by atomic mass is 9.74. The Balaban J connectivity index is 1.55. The van der Waals surface area contributed by atoms with E-state index in [2.05, 4.69) is 47.2 Å². The van der Waals surface area contributed by atoms with Crippen LogP contribution >= 0.6 is 0 Å². The molecule has 6 heteroatoms. The van der Waals surface area contributed by atoms with Crippen molar-refractivity contribution in [3.05, 3.63) is 72.4 Å². The Labute approximate surface area is 190 Å². The monoisotopic (exact) mass is 435 g/mol. The van der Waals surface area contributed by atoms with Crippen LogP contribution < -0.4 is 10.1 Å². The summed E-state index contributed by atoms with van der Waals surface area (Å²) < 4.78 is 10.7. The summed E-state index contributed by atoms with van der Waals surface area (Å²) in [6, 6.07) is 14.6. The van der Waals surface area contributed by atoms with Crippen molar-refractivity contribution >= 4 is 6.09 Å². The standard InChI is InChI=1S/C26H33N3O3/c1-3-15-32-25(30)29(23-16-22(23)21-7-5-4-6-8-21)19-26(11-13-27-14-12-26)17-20-9-10-24(31-2)28-18-20/h3-10,18,22-23,27H,1,11-17,19H2,2H3/t22?,23-/m1/s1. The Kier molecular flexibility index (Phi) is 7.10. The lowest BCUT2D eigenvalue weighted by Gasteiger charge is -2.41. The average molecular weight is 436 g/mol. The summed E-state index contributed by atoms with van der Waals surface area (Å²) in [5.41, 5.74) is 2.44. The van der Waals surface area contributed by atoms with E-state index in [-0.39, 0.29) is 24.2 Å². The van der Waals surface area contributed by atoms with Crippen molar-refractivity contribution in [2.24, 2.45) is 5.41 Å². The maximum absolute atomic E-state index is 13.1. The molecule has 1 aromatic heterocycles. The molecule has 1 saturated carbocycles. The highest BCUT2D eigenvalue weighted by Crippen LogP contribution is 2.47. The largest absolute Gasteiger partial charge is 0.481 e. The Morgan fingerprint density at radius 2 is 2.03 bits per heavy atom. The topological polar surface area (TPSA) is 63.7 Å². The van der Waals surface area contributed by atoms with Crippen LogP contribution in [0.15, 0.2) is 61.3 Å². The number of carbonyl (C=O) groups is 1. The second-order valence-corrected chi connectivity index (χ2v) is 8.95. The number of piperidine rings is 1. The van der Waals surface area contributed by atoms with Crippen LogP contribution in [0, 0.1) is 5.41 Å². The predicted molar refractivity (Wildman–Crippen MR) is 125 cm³/mol. The van der Waals surface area contributed by atoms with Gasteiger partial charge in [-0.3, -0.25) is 0 Å². The molecule has 1 unspecified atom stereocenters. The molecule has 4 rings (SSSR count). The molecule has 2 heterocycles. The number of hydrogen-bond acceptors (Lipinski definition) is 5. The fourth-order valence-corrected chi connectivity index (χ4v) is 4.89. The number of amides is 1. The van der Waals surface area contributed by atoms with Crippen LogP contribution in [0.25, 0.3) is 0 Å². The summed E-state index contributed by atoms with van der Waals surface area (Å²) in [5.74, 6) is 0.986. The first-order valence-electron chi connectivity index (χ1n) is 11.4. The van der Waals surface area contributed by atoms with Gasteiger partial charge in [-0.05, 0) is 55.3 Å². The molecule has 2 aliphatic rings. The van der Waals surface area contributed by atoms with Crippen molar-refractivity contribution < 1.29 is 14.3 Å². The zero-order valence-electron chi connectivity index (χ0n) is 18.8. The van der Waals surface area contributed by atoms with Gasteiger partial charge in [0, 0.05) is 30.8 Å². The van der Waals surface area contributed by atoms with Gasteiger partial charge in [0.05, 0.1) is 7.11 Å². The number of rotatable bonds is 9. The lowest BCUT2D eigenvalue weighted by Crippen LogP contribution is -2.49. The SMILES string of the molecule is C=CCOC(=O)N(CC1(Cc2ccc(OC)nc2)CCNCC1)[C@@H]1CC1c1ccccc1. The number of hydrogen-bond donors (Lipinski definition) is 1. The fraction of sp³-hybridized carbons (Fsp3) is 0.462. The lowest BCUT2D eigenvalue weighted by molar-refractivity contribution is 0.0705. The highest BCUT2D eigenvalue weighted by molar-refractivity contribution is 5.69. The van der Waals surface area contributed by atoms with E-state index in [9.17, 15) is 4.79 Å².